The number of rotatable bonds is 3. The zero-order valence-corrected chi connectivity index (χ0v) is 10.5. The van der Waals surface area contributed by atoms with Crippen LogP contribution in [0.1, 0.15) is 36.5 Å². The topological polar surface area (TPSA) is 0 Å². The molecule has 0 aliphatic carbocycles. The van der Waals surface area contributed by atoms with Crippen molar-refractivity contribution in [2.45, 2.75) is 40.0 Å². The molecule has 0 bridgehead atoms. The summed E-state index contributed by atoms with van der Waals surface area (Å²) in [7, 11) is 0. The molecular formula is C16H20. The molecule has 84 valence electrons. The first-order chi connectivity index (χ1) is 7.70. The molecule has 0 amide bonds. The third kappa shape index (κ3) is 2.27. The van der Waals surface area contributed by atoms with Gasteiger partial charge in [-0.2, -0.15) is 0 Å². The maximum absolute atomic E-state index is 2.34. The summed E-state index contributed by atoms with van der Waals surface area (Å²) in [4.78, 5) is 0. The first-order valence-electron chi connectivity index (χ1n) is 6.20. The molecule has 0 atom stereocenters. The molecule has 0 unspecified atom stereocenters. The third-order valence-corrected chi connectivity index (χ3v) is 3.14. The van der Waals surface area contributed by atoms with Crippen LogP contribution in [-0.2, 0) is 6.42 Å². The summed E-state index contributed by atoms with van der Waals surface area (Å²) < 4.78 is 0. The van der Waals surface area contributed by atoms with E-state index in [4.69, 9.17) is 0 Å². The number of benzene rings is 2. The highest BCUT2D eigenvalue weighted by atomic mass is 14.1. The van der Waals surface area contributed by atoms with E-state index in [0.29, 0.717) is 0 Å². The minimum absolute atomic E-state index is 1.21. The summed E-state index contributed by atoms with van der Waals surface area (Å²) >= 11 is 0. The molecule has 0 heteroatoms. The Bertz CT molecular complexity index is 489. The van der Waals surface area contributed by atoms with E-state index in [1.54, 1.807) is 0 Å². The lowest BCUT2D eigenvalue weighted by atomic mass is 9.96. The van der Waals surface area contributed by atoms with Gasteiger partial charge in [0.05, 0.1) is 0 Å². The van der Waals surface area contributed by atoms with E-state index < -0.39 is 0 Å². The highest BCUT2D eigenvalue weighted by Gasteiger charge is 2.02. The lowest BCUT2D eigenvalue weighted by molar-refractivity contribution is 0.798. The quantitative estimate of drug-likeness (QED) is 0.685. The molecule has 0 aliphatic heterocycles. The molecule has 0 saturated heterocycles. The van der Waals surface area contributed by atoms with Crippen LogP contribution in [0.5, 0.6) is 0 Å². The molecule has 0 fully saturated rings. The second-order valence-corrected chi connectivity index (χ2v) is 4.75. The van der Waals surface area contributed by atoms with Gasteiger partial charge >= 0.3 is 0 Å². The smallest absolute Gasteiger partial charge is 0.0152 e. The molecule has 0 saturated carbocycles. The second-order valence-electron chi connectivity index (χ2n) is 4.75. The van der Waals surface area contributed by atoms with Gasteiger partial charge in [0.2, 0.25) is 0 Å². The predicted octanol–water partition coefficient (Wildman–Crippen LogP) is 4.80. The van der Waals surface area contributed by atoms with Crippen LogP contribution in [-0.4, -0.2) is 0 Å². The van der Waals surface area contributed by atoms with Gasteiger partial charge in [0, 0.05) is 0 Å². The van der Waals surface area contributed by atoms with Gasteiger partial charge in [0.25, 0.3) is 0 Å². The number of hydrogen-bond donors (Lipinski definition) is 0. The molecule has 0 nitrogen and oxygen atoms in total. The van der Waals surface area contributed by atoms with Gasteiger partial charge in [0.15, 0.2) is 0 Å². The number of fused-ring (bicyclic) bond motifs is 1. The van der Waals surface area contributed by atoms with Crippen LogP contribution in [0, 0.1) is 13.8 Å². The van der Waals surface area contributed by atoms with Gasteiger partial charge in [-0.1, -0.05) is 54.8 Å². The zero-order valence-electron chi connectivity index (χ0n) is 10.5. The first-order valence-corrected chi connectivity index (χ1v) is 6.20. The summed E-state index contributed by atoms with van der Waals surface area (Å²) in [5.74, 6) is 0. The second kappa shape index (κ2) is 4.69. The molecule has 0 aromatic heterocycles. The molecule has 0 radical (unpaired) electrons. The Hall–Kier alpha value is -1.30. The van der Waals surface area contributed by atoms with Crippen LogP contribution in [0.4, 0.5) is 0 Å². The molecule has 0 spiro atoms. The van der Waals surface area contributed by atoms with Gasteiger partial charge in [-0.3, -0.25) is 0 Å². The lowest BCUT2D eigenvalue weighted by Crippen LogP contribution is -1.89. The molecule has 0 heterocycles. The van der Waals surface area contributed by atoms with Crippen molar-refractivity contribution in [3.05, 3.63) is 47.0 Å². The summed E-state index contributed by atoms with van der Waals surface area (Å²) in [6.45, 7) is 6.60. The summed E-state index contributed by atoms with van der Waals surface area (Å²) in [5, 5.41) is 2.83. The fourth-order valence-corrected chi connectivity index (χ4v) is 2.31. The Morgan fingerprint density at radius 3 is 2.44 bits per heavy atom. The SMILES string of the molecule is CCCCc1cc(C)cc2cc(C)ccc12. The van der Waals surface area contributed by atoms with Crippen LogP contribution in [0.2, 0.25) is 0 Å². The van der Waals surface area contributed by atoms with Gasteiger partial charge in [0.1, 0.15) is 0 Å². The van der Waals surface area contributed by atoms with E-state index >= 15 is 0 Å². The van der Waals surface area contributed by atoms with E-state index in [1.807, 2.05) is 0 Å². The van der Waals surface area contributed by atoms with Crippen LogP contribution < -0.4 is 0 Å². The Balaban J connectivity index is 2.54. The highest BCUT2D eigenvalue weighted by Crippen LogP contribution is 2.23. The number of unbranched alkanes of at least 4 members (excludes halogenated alkanes) is 1. The van der Waals surface area contributed by atoms with E-state index in [0.717, 1.165) is 0 Å². The Morgan fingerprint density at radius 2 is 1.69 bits per heavy atom. The molecular weight excluding hydrogens is 192 g/mol. The van der Waals surface area contributed by atoms with E-state index in [-0.39, 0.29) is 0 Å². The minimum Gasteiger partial charge on any atom is -0.0654 e. The molecule has 0 aliphatic rings. The highest BCUT2D eigenvalue weighted by molar-refractivity contribution is 5.87. The Morgan fingerprint density at radius 1 is 0.938 bits per heavy atom. The van der Waals surface area contributed by atoms with Crippen LogP contribution >= 0.6 is 0 Å². The molecule has 2 aromatic rings. The van der Waals surface area contributed by atoms with Gasteiger partial charge in [-0.05, 0) is 43.0 Å². The maximum Gasteiger partial charge on any atom is -0.0152 e. The summed E-state index contributed by atoms with van der Waals surface area (Å²) in [5.41, 5.74) is 4.24. The molecule has 2 rings (SSSR count). The molecule has 0 N–H and O–H groups in total. The number of hydrogen-bond acceptors (Lipinski definition) is 0. The van der Waals surface area contributed by atoms with E-state index in [9.17, 15) is 0 Å². The van der Waals surface area contributed by atoms with E-state index in [1.165, 1.54) is 46.7 Å². The van der Waals surface area contributed by atoms with Gasteiger partial charge in [-0.25, -0.2) is 0 Å². The summed E-state index contributed by atoms with van der Waals surface area (Å²) in [6, 6.07) is 11.4. The van der Waals surface area contributed by atoms with E-state index in [2.05, 4.69) is 51.1 Å². The first kappa shape index (κ1) is 11.2. The third-order valence-electron chi connectivity index (χ3n) is 3.14. The largest absolute Gasteiger partial charge is 0.0654 e. The standard InChI is InChI=1S/C16H20/c1-4-5-6-14-10-13(3)11-15-9-12(2)7-8-16(14)15/h7-11H,4-6H2,1-3H3. The lowest BCUT2D eigenvalue weighted by Gasteiger charge is -2.08. The molecule has 16 heavy (non-hydrogen) atoms. The Labute approximate surface area is 98.3 Å². The van der Waals surface area contributed by atoms with Crippen LogP contribution in [0.25, 0.3) is 10.8 Å². The summed E-state index contributed by atoms with van der Waals surface area (Å²) in [6.07, 6.45) is 3.76. The number of aryl methyl sites for hydroxylation is 3. The average Bonchev–Trinajstić information content (AvgIpc) is 2.25. The predicted molar refractivity (Wildman–Crippen MR) is 72.0 cm³/mol. The fourth-order valence-electron chi connectivity index (χ4n) is 2.31. The van der Waals surface area contributed by atoms with Crippen molar-refractivity contribution in [3.63, 3.8) is 0 Å². The van der Waals surface area contributed by atoms with Gasteiger partial charge in [-0.15, -0.1) is 0 Å². The Kier molecular flexibility index (Phi) is 3.28. The zero-order chi connectivity index (χ0) is 11.5. The van der Waals surface area contributed by atoms with Crippen molar-refractivity contribution in [2.24, 2.45) is 0 Å². The normalized spacial score (nSPS) is 10.9. The van der Waals surface area contributed by atoms with Crippen molar-refractivity contribution < 1.29 is 0 Å². The van der Waals surface area contributed by atoms with Crippen molar-refractivity contribution in [1.29, 1.82) is 0 Å². The van der Waals surface area contributed by atoms with Crippen molar-refractivity contribution in [1.82, 2.24) is 0 Å². The van der Waals surface area contributed by atoms with Crippen molar-refractivity contribution in [2.75, 3.05) is 0 Å². The fraction of sp³-hybridized carbons (Fsp3) is 0.375. The minimum atomic E-state index is 1.21. The maximum atomic E-state index is 2.34. The monoisotopic (exact) mass is 212 g/mol. The van der Waals surface area contributed by atoms with Gasteiger partial charge < -0.3 is 0 Å². The average molecular weight is 212 g/mol. The molecule has 2 aromatic carbocycles. The van der Waals surface area contributed by atoms with Crippen LogP contribution in [0.15, 0.2) is 30.3 Å². The van der Waals surface area contributed by atoms with Crippen molar-refractivity contribution in [3.8, 4) is 0 Å². The van der Waals surface area contributed by atoms with Crippen LogP contribution in [0.3, 0.4) is 0 Å². The van der Waals surface area contributed by atoms with Crippen molar-refractivity contribution >= 4 is 10.8 Å².